The molecule has 1 aliphatic carbocycles. The summed E-state index contributed by atoms with van der Waals surface area (Å²) in [5, 5.41) is 8.50. The molecule has 0 saturated heterocycles. The zero-order chi connectivity index (χ0) is 29.6. The maximum Gasteiger partial charge on any atom is 0.282 e. The van der Waals surface area contributed by atoms with E-state index in [9.17, 15) is 9.59 Å². The minimum Gasteiger partial charge on any atom is -0.490 e. The smallest absolute Gasteiger partial charge is 0.282 e. The second-order valence-corrected chi connectivity index (χ2v) is 12.1. The largest absolute Gasteiger partial charge is 0.490 e. The molecule has 0 aliphatic heterocycles. The quantitative estimate of drug-likeness (QED) is 0.178. The fourth-order valence-electron chi connectivity index (χ4n) is 4.93. The molecule has 3 aromatic carbocycles. The molecule has 1 amide bonds. The van der Waals surface area contributed by atoms with Gasteiger partial charge in [0.2, 0.25) is 0 Å². The number of carbonyl (C=O) groups excluding carboxylic acids is 1. The summed E-state index contributed by atoms with van der Waals surface area (Å²) in [5.74, 6) is 1.35. The SMILES string of the molecule is CCOc1cc(C=Nn2c(C3CCCCC3)nc3ccc(Br)cc3c2=O)c(Br)cc1OCC(=O)Nc1ccc(Cl)cc1. The number of amides is 1. The molecule has 0 spiro atoms. The monoisotopic (exact) mass is 714 g/mol. The predicted octanol–water partition coefficient (Wildman–Crippen LogP) is 7.92. The van der Waals surface area contributed by atoms with Gasteiger partial charge in [0, 0.05) is 31.1 Å². The third-order valence-electron chi connectivity index (χ3n) is 6.97. The highest BCUT2D eigenvalue weighted by Gasteiger charge is 2.23. The summed E-state index contributed by atoms with van der Waals surface area (Å²) >= 11 is 13.0. The summed E-state index contributed by atoms with van der Waals surface area (Å²) in [7, 11) is 0. The number of carbonyl (C=O) groups is 1. The van der Waals surface area contributed by atoms with E-state index in [1.54, 1.807) is 48.7 Å². The zero-order valence-electron chi connectivity index (χ0n) is 22.9. The van der Waals surface area contributed by atoms with E-state index in [2.05, 4.69) is 42.3 Å². The van der Waals surface area contributed by atoms with Crippen LogP contribution in [0.25, 0.3) is 10.9 Å². The Balaban J connectivity index is 1.43. The third kappa shape index (κ3) is 7.22. The van der Waals surface area contributed by atoms with Crippen LogP contribution >= 0.6 is 43.5 Å². The highest BCUT2D eigenvalue weighted by Crippen LogP contribution is 2.34. The van der Waals surface area contributed by atoms with Gasteiger partial charge in [-0.2, -0.15) is 9.78 Å². The molecule has 4 aromatic rings. The molecular formula is C31H29Br2ClN4O4. The first kappa shape index (κ1) is 30.3. The Morgan fingerprint density at radius 3 is 2.55 bits per heavy atom. The van der Waals surface area contributed by atoms with Crippen molar-refractivity contribution in [1.29, 1.82) is 0 Å². The number of nitrogens with one attached hydrogen (secondary N) is 1. The molecule has 5 rings (SSSR count). The molecule has 1 N–H and O–H groups in total. The van der Waals surface area contributed by atoms with E-state index >= 15 is 0 Å². The van der Waals surface area contributed by atoms with E-state index in [1.165, 1.54) is 11.1 Å². The third-order valence-corrected chi connectivity index (χ3v) is 8.40. The molecule has 1 heterocycles. The van der Waals surface area contributed by atoms with Gasteiger partial charge in [-0.1, -0.05) is 46.8 Å². The molecular weight excluding hydrogens is 688 g/mol. The lowest BCUT2D eigenvalue weighted by Gasteiger charge is -2.22. The minimum absolute atomic E-state index is 0.161. The summed E-state index contributed by atoms with van der Waals surface area (Å²) < 4.78 is 14.5. The maximum absolute atomic E-state index is 13.7. The standard InChI is InChI=1S/C31H29Br2ClN4O4/c1-2-41-27-14-20(25(33)16-28(27)42-18-29(39)36-23-11-9-22(34)10-12-23)17-35-38-30(19-6-4-3-5-7-19)37-26-13-8-21(32)15-24(26)31(38)40/h8-17,19H,2-7,18H2,1H3,(H,36,39). The van der Waals surface area contributed by atoms with Gasteiger partial charge in [0.15, 0.2) is 18.1 Å². The van der Waals surface area contributed by atoms with Gasteiger partial charge in [-0.25, -0.2) is 4.98 Å². The van der Waals surface area contributed by atoms with Crippen LogP contribution in [-0.2, 0) is 4.79 Å². The topological polar surface area (TPSA) is 94.8 Å². The molecule has 1 aromatic heterocycles. The van der Waals surface area contributed by atoms with Crippen LogP contribution in [-0.4, -0.2) is 35.0 Å². The van der Waals surface area contributed by atoms with Crippen LogP contribution in [0.3, 0.4) is 0 Å². The number of hydrogen-bond acceptors (Lipinski definition) is 6. The van der Waals surface area contributed by atoms with E-state index in [0.29, 0.717) is 55.6 Å². The highest BCUT2D eigenvalue weighted by molar-refractivity contribution is 9.10. The molecule has 218 valence electrons. The fourth-order valence-corrected chi connectivity index (χ4v) is 5.84. The number of aromatic nitrogens is 2. The molecule has 42 heavy (non-hydrogen) atoms. The lowest BCUT2D eigenvalue weighted by molar-refractivity contribution is -0.118. The van der Waals surface area contributed by atoms with Crippen molar-refractivity contribution < 1.29 is 14.3 Å². The first-order chi connectivity index (χ1) is 20.3. The Hall–Kier alpha value is -3.21. The zero-order valence-corrected chi connectivity index (χ0v) is 26.8. The van der Waals surface area contributed by atoms with Crippen molar-refractivity contribution in [2.75, 3.05) is 18.5 Å². The Kier molecular flexibility index (Phi) is 9.97. The molecule has 1 fully saturated rings. The van der Waals surface area contributed by atoms with E-state index < -0.39 is 0 Å². The highest BCUT2D eigenvalue weighted by atomic mass is 79.9. The Morgan fingerprint density at radius 2 is 1.81 bits per heavy atom. The van der Waals surface area contributed by atoms with Crippen LogP contribution in [0, 0.1) is 0 Å². The molecule has 0 bridgehead atoms. The van der Waals surface area contributed by atoms with E-state index in [-0.39, 0.29) is 24.0 Å². The number of benzene rings is 3. The number of hydrogen-bond donors (Lipinski definition) is 1. The summed E-state index contributed by atoms with van der Waals surface area (Å²) in [6.45, 7) is 2.03. The van der Waals surface area contributed by atoms with Crippen molar-refractivity contribution in [1.82, 2.24) is 9.66 Å². The van der Waals surface area contributed by atoms with E-state index in [0.717, 1.165) is 30.2 Å². The Labute approximate surface area is 265 Å². The van der Waals surface area contributed by atoms with Crippen LogP contribution < -0.4 is 20.3 Å². The minimum atomic E-state index is -0.327. The van der Waals surface area contributed by atoms with Crippen molar-refractivity contribution in [3.8, 4) is 11.5 Å². The molecule has 8 nitrogen and oxygen atoms in total. The van der Waals surface area contributed by atoms with Crippen molar-refractivity contribution in [3.63, 3.8) is 0 Å². The van der Waals surface area contributed by atoms with Gasteiger partial charge in [-0.3, -0.25) is 9.59 Å². The fraction of sp³-hybridized carbons (Fsp3) is 0.290. The molecule has 1 saturated carbocycles. The van der Waals surface area contributed by atoms with Gasteiger partial charge in [-0.15, -0.1) is 0 Å². The molecule has 11 heteroatoms. The number of ether oxygens (including phenoxy) is 2. The van der Waals surface area contributed by atoms with Crippen molar-refractivity contribution >= 4 is 72.2 Å². The average Bonchev–Trinajstić information content (AvgIpc) is 2.99. The number of nitrogens with zero attached hydrogens (tertiary/aromatic N) is 3. The Bertz CT molecular complexity index is 1690. The van der Waals surface area contributed by atoms with Gasteiger partial charge >= 0.3 is 0 Å². The number of halogens is 3. The van der Waals surface area contributed by atoms with Crippen LogP contribution in [0.15, 0.2) is 73.4 Å². The summed E-state index contributed by atoms with van der Waals surface area (Å²) in [6, 6.07) is 15.8. The van der Waals surface area contributed by atoms with Gasteiger partial charge < -0.3 is 14.8 Å². The normalized spacial score (nSPS) is 13.9. The maximum atomic E-state index is 13.7. The van der Waals surface area contributed by atoms with E-state index in [1.807, 2.05) is 19.1 Å². The van der Waals surface area contributed by atoms with Crippen molar-refractivity contribution in [3.05, 3.63) is 90.3 Å². The summed E-state index contributed by atoms with van der Waals surface area (Å²) in [6.07, 6.45) is 6.95. The lowest BCUT2D eigenvalue weighted by Crippen LogP contribution is -2.25. The van der Waals surface area contributed by atoms with Crippen LogP contribution in [0.2, 0.25) is 5.02 Å². The van der Waals surface area contributed by atoms with Crippen LogP contribution in [0.5, 0.6) is 11.5 Å². The van der Waals surface area contributed by atoms with Gasteiger partial charge in [0.05, 0.1) is 23.7 Å². The van der Waals surface area contributed by atoms with Crippen molar-refractivity contribution in [2.24, 2.45) is 5.10 Å². The van der Waals surface area contributed by atoms with Gasteiger partial charge in [-0.05, 0) is 90.3 Å². The van der Waals surface area contributed by atoms with Gasteiger partial charge in [0.25, 0.3) is 11.5 Å². The first-order valence-corrected chi connectivity index (χ1v) is 15.7. The first-order valence-electron chi connectivity index (χ1n) is 13.7. The molecule has 1 aliphatic rings. The predicted molar refractivity (Wildman–Crippen MR) is 173 cm³/mol. The molecule has 0 unspecified atom stereocenters. The van der Waals surface area contributed by atoms with Crippen LogP contribution in [0.4, 0.5) is 5.69 Å². The number of anilines is 1. The number of rotatable bonds is 9. The van der Waals surface area contributed by atoms with Gasteiger partial charge in [0.1, 0.15) is 5.82 Å². The Morgan fingerprint density at radius 1 is 1.07 bits per heavy atom. The molecule has 0 radical (unpaired) electrons. The van der Waals surface area contributed by atoms with Crippen LogP contribution in [0.1, 0.15) is 56.3 Å². The van der Waals surface area contributed by atoms with E-state index in [4.69, 9.17) is 26.1 Å². The number of fused-ring (bicyclic) bond motifs is 1. The average molecular weight is 717 g/mol. The summed E-state index contributed by atoms with van der Waals surface area (Å²) in [5.41, 5.74) is 1.74. The lowest BCUT2D eigenvalue weighted by atomic mass is 9.88. The second-order valence-electron chi connectivity index (χ2n) is 9.93. The summed E-state index contributed by atoms with van der Waals surface area (Å²) in [4.78, 5) is 31.0. The molecule has 0 atom stereocenters. The second kappa shape index (κ2) is 13.8. The van der Waals surface area contributed by atoms with Crippen molar-refractivity contribution in [2.45, 2.75) is 44.9 Å².